The summed E-state index contributed by atoms with van der Waals surface area (Å²) in [5, 5.41) is 4.20. The molecule has 7 heteroatoms. The number of nitrogens with two attached hydrogens (primary N) is 1. The number of hydrogen-bond acceptors (Lipinski definition) is 6. The number of thiazole rings is 1. The van der Waals surface area contributed by atoms with Crippen LogP contribution in [0.2, 0.25) is 5.15 Å². The first-order valence-corrected chi connectivity index (χ1v) is 6.95. The fourth-order valence-electron chi connectivity index (χ4n) is 1.98. The van der Waals surface area contributed by atoms with Gasteiger partial charge in [-0.3, -0.25) is 0 Å². The van der Waals surface area contributed by atoms with Gasteiger partial charge < -0.3 is 11.1 Å². The summed E-state index contributed by atoms with van der Waals surface area (Å²) in [5.74, 6) is 0.515. The molecule has 0 saturated heterocycles. The number of halogens is 1. The van der Waals surface area contributed by atoms with Crippen molar-refractivity contribution in [3.05, 3.63) is 22.1 Å². The molecule has 0 saturated carbocycles. The molecular weight excluding hydrogens is 270 g/mol. The summed E-state index contributed by atoms with van der Waals surface area (Å²) in [6, 6.07) is 0. The summed E-state index contributed by atoms with van der Waals surface area (Å²) < 4.78 is 0. The summed E-state index contributed by atoms with van der Waals surface area (Å²) in [4.78, 5) is 13.8. The number of anilines is 3. The van der Waals surface area contributed by atoms with Crippen LogP contribution in [0.1, 0.15) is 23.4 Å². The van der Waals surface area contributed by atoms with Crippen molar-refractivity contribution < 1.29 is 0 Å². The molecule has 0 bridgehead atoms. The maximum absolute atomic E-state index is 5.85. The van der Waals surface area contributed by atoms with E-state index in [4.69, 9.17) is 17.3 Å². The largest absolute Gasteiger partial charge is 0.393 e. The fraction of sp³-hybridized carbons (Fsp3) is 0.364. The molecule has 94 valence electrons. The van der Waals surface area contributed by atoms with Crippen molar-refractivity contribution in [2.24, 2.45) is 0 Å². The molecule has 1 aliphatic carbocycles. The predicted molar refractivity (Wildman–Crippen MR) is 73.5 cm³/mol. The van der Waals surface area contributed by atoms with E-state index in [1.807, 2.05) is 0 Å². The molecule has 2 aromatic rings. The van der Waals surface area contributed by atoms with E-state index in [0.29, 0.717) is 11.5 Å². The zero-order chi connectivity index (χ0) is 12.5. The van der Waals surface area contributed by atoms with E-state index < -0.39 is 0 Å². The van der Waals surface area contributed by atoms with Crippen LogP contribution in [0.5, 0.6) is 0 Å². The van der Waals surface area contributed by atoms with E-state index >= 15 is 0 Å². The predicted octanol–water partition coefficient (Wildman–Crippen LogP) is 2.79. The van der Waals surface area contributed by atoms with Gasteiger partial charge >= 0.3 is 0 Å². The Kier molecular flexibility index (Phi) is 3.05. The zero-order valence-electron chi connectivity index (χ0n) is 9.61. The van der Waals surface area contributed by atoms with Gasteiger partial charge in [-0.2, -0.15) is 0 Å². The molecule has 3 rings (SSSR count). The lowest BCUT2D eigenvalue weighted by atomic mass is 10.0. The van der Waals surface area contributed by atoms with Gasteiger partial charge in [0.2, 0.25) is 0 Å². The van der Waals surface area contributed by atoms with Crippen LogP contribution in [0, 0.1) is 0 Å². The highest BCUT2D eigenvalue weighted by Gasteiger charge is 2.16. The highest BCUT2D eigenvalue weighted by molar-refractivity contribution is 7.15. The molecule has 2 heterocycles. The van der Waals surface area contributed by atoms with Gasteiger partial charge in [-0.15, -0.1) is 11.3 Å². The second kappa shape index (κ2) is 4.70. The number of aromatic nitrogens is 3. The first-order chi connectivity index (χ1) is 8.74. The minimum absolute atomic E-state index is 0.258. The number of nitrogens with zero attached hydrogens (tertiary/aromatic N) is 3. The molecule has 18 heavy (non-hydrogen) atoms. The average molecular weight is 282 g/mol. The molecule has 0 spiro atoms. The fourth-order valence-corrected chi connectivity index (χ4v) is 3.16. The van der Waals surface area contributed by atoms with Crippen LogP contribution in [-0.4, -0.2) is 15.0 Å². The number of nitrogens with one attached hydrogen (secondary N) is 1. The molecular formula is C11H12ClN5S. The van der Waals surface area contributed by atoms with Crippen LogP contribution in [0.3, 0.4) is 0 Å². The quantitative estimate of drug-likeness (QED) is 0.828. The van der Waals surface area contributed by atoms with Crippen molar-refractivity contribution >= 4 is 39.6 Å². The lowest BCUT2D eigenvalue weighted by molar-refractivity contribution is 0.683. The van der Waals surface area contributed by atoms with Gasteiger partial charge in [-0.1, -0.05) is 11.6 Å². The minimum Gasteiger partial charge on any atom is -0.393 e. The smallest absolute Gasteiger partial charge is 0.188 e. The minimum atomic E-state index is 0.258. The van der Waals surface area contributed by atoms with E-state index in [0.717, 1.165) is 18.0 Å². The highest BCUT2D eigenvalue weighted by Crippen LogP contribution is 2.32. The molecule has 0 atom stereocenters. The Balaban J connectivity index is 1.88. The van der Waals surface area contributed by atoms with Crippen LogP contribution < -0.4 is 11.1 Å². The molecule has 0 amide bonds. The number of rotatable bonds is 2. The Hall–Kier alpha value is -1.40. The number of aryl methyl sites for hydroxylation is 2. The summed E-state index contributed by atoms with van der Waals surface area (Å²) >= 11 is 7.51. The third-order valence-corrected chi connectivity index (χ3v) is 4.28. The third kappa shape index (κ3) is 2.13. The normalized spacial score (nSPS) is 14.3. The van der Waals surface area contributed by atoms with Crippen LogP contribution in [-0.2, 0) is 12.8 Å². The van der Waals surface area contributed by atoms with E-state index in [1.54, 1.807) is 11.3 Å². The Bertz CT molecular complexity index is 559. The maximum atomic E-state index is 5.85. The molecule has 0 aromatic carbocycles. The Morgan fingerprint density at radius 2 is 2.11 bits per heavy atom. The molecule has 3 N–H and O–H groups in total. The molecule has 0 aliphatic heterocycles. The van der Waals surface area contributed by atoms with Crippen molar-refractivity contribution in [3.8, 4) is 0 Å². The van der Waals surface area contributed by atoms with Crippen LogP contribution >= 0.6 is 22.9 Å². The number of nitrogen functional groups attached to an aromatic ring is 1. The Morgan fingerprint density at radius 1 is 1.28 bits per heavy atom. The van der Waals surface area contributed by atoms with Crippen molar-refractivity contribution in [2.75, 3.05) is 11.1 Å². The maximum Gasteiger partial charge on any atom is 0.188 e. The van der Waals surface area contributed by atoms with E-state index in [-0.39, 0.29) is 5.15 Å². The molecule has 5 nitrogen and oxygen atoms in total. The van der Waals surface area contributed by atoms with Gasteiger partial charge in [-0.25, -0.2) is 15.0 Å². The summed E-state index contributed by atoms with van der Waals surface area (Å²) in [5.41, 5.74) is 7.37. The lowest BCUT2D eigenvalue weighted by Gasteiger charge is -2.06. The van der Waals surface area contributed by atoms with E-state index in [9.17, 15) is 0 Å². The molecule has 0 fully saturated rings. The SMILES string of the molecule is Nc1c(Cl)ncnc1Nc1nc2c(s1)CCCC2. The van der Waals surface area contributed by atoms with Gasteiger partial charge in [-0.05, 0) is 25.7 Å². The summed E-state index contributed by atoms with van der Waals surface area (Å²) in [6.07, 6.45) is 6.03. The second-order valence-electron chi connectivity index (χ2n) is 4.15. The topological polar surface area (TPSA) is 76.7 Å². The van der Waals surface area contributed by atoms with Crippen LogP contribution in [0.25, 0.3) is 0 Å². The van der Waals surface area contributed by atoms with Gasteiger partial charge in [0.05, 0.1) is 5.69 Å². The number of fused-ring (bicyclic) bond motifs is 1. The van der Waals surface area contributed by atoms with Crippen LogP contribution in [0.4, 0.5) is 16.6 Å². The van der Waals surface area contributed by atoms with Gasteiger partial charge in [0.1, 0.15) is 12.0 Å². The first-order valence-electron chi connectivity index (χ1n) is 5.75. The van der Waals surface area contributed by atoms with Crippen molar-refractivity contribution in [2.45, 2.75) is 25.7 Å². The summed E-state index contributed by atoms with van der Waals surface area (Å²) in [6.45, 7) is 0. The molecule has 2 aromatic heterocycles. The highest BCUT2D eigenvalue weighted by atomic mass is 35.5. The Labute approximate surface area is 113 Å². The summed E-state index contributed by atoms with van der Waals surface area (Å²) in [7, 11) is 0. The standard InChI is InChI=1S/C11H12ClN5S/c12-9-8(13)10(15-5-14-9)17-11-16-6-3-1-2-4-7(6)18-11/h5H,1-4,13H2,(H,14,15,16,17). The lowest BCUT2D eigenvalue weighted by Crippen LogP contribution is -2.01. The van der Waals surface area contributed by atoms with Crippen molar-refractivity contribution in [1.82, 2.24) is 15.0 Å². The zero-order valence-corrected chi connectivity index (χ0v) is 11.2. The van der Waals surface area contributed by atoms with Crippen molar-refractivity contribution in [1.29, 1.82) is 0 Å². The van der Waals surface area contributed by atoms with Crippen molar-refractivity contribution in [3.63, 3.8) is 0 Å². The van der Waals surface area contributed by atoms with Gasteiger partial charge in [0, 0.05) is 4.88 Å². The van der Waals surface area contributed by atoms with E-state index in [1.165, 1.54) is 29.7 Å². The van der Waals surface area contributed by atoms with E-state index in [2.05, 4.69) is 20.3 Å². The van der Waals surface area contributed by atoms with Gasteiger partial charge in [0.15, 0.2) is 16.1 Å². The molecule has 0 unspecified atom stereocenters. The average Bonchev–Trinajstić information content (AvgIpc) is 2.77. The molecule has 1 aliphatic rings. The monoisotopic (exact) mass is 281 g/mol. The van der Waals surface area contributed by atoms with Crippen LogP contribution in [0.15, 0.2) is 6.33 Å². The number of hydrogen-bond donors (Lipinski definition) is 2. The first kappa shape index (κ1) is 11.7. The Morgan fingerprint density at radius 3 is 2.94 bits per heavy atom. The molecule has 0 radical (unpaired) electrons. The van der Waals surface area contributed by atoms with Gasteiger partial charge in [0.25, 0.3) is 0 Å². The third-order valence-electron chi connectivity index (χ3n) is 2.91. The second-order valence-corrected chi connectivity index (χ2v) is 5.59.